The van der Waals surface area contributed by atoms with Gasteiger partial charge in [-0.25, -0.2) is 0 Å². The molecule has 2 N–H and O–H groups in total. The highest BCUT2D eigenvalue weighted by atomic mass is 14.8. The minimum Gasteiger partial charge on any atom is -0.361 e. The first-order valence-corrected chi connectivity index (χ1v) is 6.52. The van der Waals surface area contributed by atoms with E-state index in [1.165, 1.54) is 29.3 Å². The fraction of sp³-hybridized carbons (Fsp3) is 0.467. The molecule has 1 aromatic carbocycles. The lowest BCUT2D eigenvalue weighted by Gasteiger charge is -2.06. The van der Waals surface area contributed by atoms with Gasteiger partial charge in [0.15, 0.2) is 0 Å². The molecule has 0 radical (unpaired) electrons. The number of nitrogens with one attached hydrogen (secondary N) is 2. The van der Waals surface area contributed by atoms with Crippen LogP contribution in [0.15, 0.2) is 30.5 Å². The average molecular weight is 230 g/mol. The van der Waals surface area contributed by atoms with Crippen molar-refractivity contribution < 1.29 is 0 Å². The van der Waals surface area contributed by atoms with Crippen molar-refractivity contribution in [2.75, 3.05) is 6.54 Å². The Balaban J connectivity index is 1.78. The van der Waals surface area contributed by atoms with Crippen LogP contribution >= 0.6 is 0 Å². The quantitative estimate of drug-likeness (QED) is 0.728. The Morgan fingerprint density at radius 2 is 2.12 bits per heavy atom. The van der Waals surface area contributed by atoms with E-state index in [0.29, 0.717) is 0 Å². The fourth-order valence-electron chi connectivity index (χ4n) is 2.07. The molecule has 17 heavy (non-hydrogen) atoms. The molecule has 0 atom stereocenters. The van der Waals surface area contributed by atoms with Crippen molar-refractivity contribution in [1.29, 1.82) is 0 Å². The van der Waals surface area contributed by atoms with Gasteiger partial charge in [0.1, 0.15) is 0 Å². The van der Waals surface area contributed by atoms with E-state index < -0.39 is 0 Å². The molecule has 2 nitrogen and oxygen atoms in total. The van der Waals surface area contributed by atoms with Crippen LogP contribution in [0.25, 0.3) is 10.9 Å². The Hall–Kier alpha value is -1.28. The van der Waals surface area contributed by atoms with Gasteiger partial charge in [0.25, 0.3) is 0 Å². The number of hydrogen-bond donors (Lipinski definition) is 2. The summed E-state index contributed by atoms with van der Waals surface area (Å²) in [4.78, 5) is 3.25. The SMILES string of the molecule is CC(C)CCCNCc1ccc2cc[nH]c2c1. The highest BCUT2D eigenvalue weighted by Crippen LogP contribution is 2.13. The molecule has 0 aliphatic rings. The van der Waals surface area contributed by atoms with Gasteiger partial charge in [-0.3, -0.25) is 0 Å². The molecular formula is C15H22N2. The normalized spacial score (nSPS) is 11.5. The van der Waals surface area contributed by atoms with E-state index in [2.05, 4.69) is 48.4 Å². The van der Waals surface area contributed by atoms with Crippen molar-refractivity contribution >= 4 is 10.9 Å². The van der Waals surface area contributed by atoms with Crippen LogP contribution in [-0.4, -0.2) is 11.5 Å². The lowest BCUT2D eigenvalue weighted by Crippen LogP contribution is -2.15. The molecule has 0 aliphatic carbocycles. The van der Waals surface area contributed by atoms with Crippen molar-refractivity contribution in [3.63, 3.8) is 0 Å². The van der Waals surface area contributed by atoms with Crippen LogP contribution in [0.3, 0.4) is 0 Å². The maximum atomic E-state index is 3.50. The Morgan fingerprint density at radius 1 is 1.24 bits per heavy atom. The van der Waals surface area contributed by atoms with Crippen molar-refractivity contribution in [3.8, 4) is 0 Å². The minimum absolute atomic E-state index is 0.812. The molecule has 0 unspecified atom stereocenters. The topological polar surface area (TPSA) is 27.8 Å². The predicted octanol–water partition coefficient (Wildman–Crippen LogP) is 3.69. The molecule has 0 aliphatic heterocycles. The van der Waals surface area contributed by atoms with E-state index in [4.69, 9.17) is 0 Å². The predicted molar refractivity (Wildman–Crippen MR) is 74.1 cm³/mol. The highest BCUT2D eigenvalue weighted by molar-refractivity contribution is 5.79. The van der Waals surface area contributed by atoms with Gasteiger partial charge in [0.05, 0.1) is 0 Å². The standard InChI is InChI=1S/C15H22N2/c1-12(2)4-3-8-16-11-13-5-6-14-7-9-17-15(14)10-13/h5-7,9-10,12,16-17H,3-4,8,11H2,1-2H3. The number of benzene rings is 1. The number of rotatable bonds is 6. The van der Waals surface area contributed by atoms with Gasteiger partial charge < -0.3 is 10.3 Å². The summed E-state index contributed by atoms with van der Waals surface area (Å²) in [5.74, 6) is 0.812. The van der Waals surface area contributed by atoms with Crippen molar-refractivity contribution in [1.82, 2.24) is 10.3 Å². The second-order valence-electron chi connectivity index (χ2n) is 5.11. The van der Waals surface area contributed by atoms with E-state index in [1.807, 2.05) is 6.20 Å². The number of hydrogen-bond acceptors (Lipinski definition) is 1. The van der Waals surface area contributed by atoms with Gasteiger partial charge in [0, 0.05) is 18.3 Å². The molecule has 0 saturated carbocycles. The van der Waals surface area contributed by atoms with Gasteiger partial charge >= 0.3 is 0 Å². The average Bonchev–Trinajstić information content (AvgIpc) is 2.75. The Bertz CT molecular complexity index is 457. The Kier molecular flexibility index (Phi) is 4.21. The van der Waals surface area contributed by atoms with Crippen molar-refractivity contribution in [2.45, 2.75) is 33.2 Å². The molecular weight excluding hydrogens is 208 g/mol. The van der Waals surface area contributed by atoms with Crippen molar-refractivity contribution in [2.24, 2.45) is 5.92 Å². The van der Waals surface area contributed by atoms with Crippen LogP contribution in [0.2, 0.25) is 0 Å². The smallest absolute Gasteiger partial charge is 0.0457 e. The van der Waals surface area contributed by atoms with Gasteiger partial charge in [-0.2, -0.15) is 0 Å². The summed E-state index contributed by atoms with van der Waals surface area (Å²) in [6.45, 7) is 6.63. The number of aromatic nitrogens is 1. The van der Waals surface area contributed by atoms with Crippen LogP contribution < -0.4 is 5.32 Å². The summed E-state index contributed by atoms with van der Waals surface area (Å²) in [5.41, 5.74) is 2.58. The Morgan fingerprint density at radius 3 is 2.94 bits per heavy atom. The maximum Gasteiger partial charge on any atom is 0.0457 e. The Labute approximate surface area is 103 Å². The zero-order valence-corrected chi connectivity index (χ0v) is 10.8. The summed E-state index contributed by atoms with van der Waals surface area (Å²) in [5, 5.41) is 4.79. The van der Waals surface area contributed by atoms with Gasteiger partial charge in [-0.05, 0) is 48.4 Å². The molecule has 0 fully saturated rings. The number of H-pyrrole nitrogens is 1. The van der Waals surface area contributed by atoms with Crippen LogP contribution in [-0.2, 0) is 6.54 Å². The maximum absolute atomic E-state index is 3.50. The molecule has 0 saturated heterocycles. The monoisotopic (exact) mass is 230 g/mol. The first kappa shape index (κ1) is 12.2. The molecule has 2 heteroatoms. The van der Waals surface area contributed by atoms with E-state index >= 15 is 0 Å². The fourth-order valence-corrected chi connectivity index (χ4v) is 2.07. The molecule has 1 aromatic heterocycles. The van der Waals surface area contributed by atoms with E-state index in [-0.39, 0.29) is 0 Å². The van der Waals surface area contributed by atoms with E-state index in [0.717, 1.165) is 19.0 Å². The van der Waals surface area contributed by atoms with Crippen molar-refractivity contribution in [3.05, 3.63) is 36.0 Å². The zero-order chi connectivity index (χ0) is 12.1. The van der Waals surface area contributed by atoms with Crippen LogP contribution in [0.1, 0.15) is 32.3 Å². The van der Waals surface area contributed by atoms with Crippen LogP contribution in [0.5, 0.6) is 0 Å². The first-order chi connectivity index (χ1) is 8.25. The summed E-state index contributed by atoms with van der Waals surface area (Å²) >= 11 is 0. The molecule has 0 amide bonds. The second kappa shape index (κ2) is 5.87. The van der Waals surface area contributed by atoms with Gasteiger partial charge in [0.2, 0.25) is 0 Å². The summed E-state index contributed by atoms with van der Waals surface area (Å²) < 4.78 is 0. The number of fused-ring (bicyclic) bond motifs is 1. The molecule has 2 rings (SSSR count). The van der Waals surface area contributed by atoms with Gasteiger partial charge in [-0.1, -0.05) is 26.0 Å². The molecule has 2 aromatic rings. The molecule has 1 heterocycles. The van der Waals surface area contributed by atoms with Gasteiger partial charge in [-0.15, -0.1) is 0 Å². The third kappa shape index (κ3) is 3.60. The lowest BCUT2D eigenvalue weighted by molar-refractivity contribution is 0.527. The van der Waals surface area contributed by atoms with E-state index in [9.17, 15) is 0 Å². The van der Waals surface area contributed by atoms with E-state index in [1.54, 1.807) is 0 Å². The highest BCUT2D eigenvalue weighted by Gasteiger charge is 1.97. The second-order valence-corrected chi connectivity index (χ2v) is 5.11. The third-order valence-electron chi connectivity index (χ3n) is 3.08. The molecule has 0 spiro atoms. The third-order valence-corrected chi connectivity index (χ3v) is 3.08. The summed E-state index contributed by atoms with van der Waals surface area (Å²) in [7, 11) is 0. The molecule has 92 valence electrons. The van der Waals surface area contributed by atoms with Crippen LogP contribution in [0.4, 0.5) is 0 Å². The summed E-state index contributed by atoms with van der Waals surface area (Å²) in [6, 6.07) is 8.71. The largest absolute Gasteiger partial charge is 0.361 e. The first-order valence-electron chi connectivity index (χ1n) is 6.52. The number of aromatic amines is 1. The minimum atomic E-state index is 0.812. The summed E-state index contributed by atoms with van der Waals surface area (Å²) in [6.07, 6.45) is 4.57. The lowest BCUT2D eigenvalue weighted by atomic mass is 10.1. The van der Waals surface area contributed by atoms with Crippen LogP contribution in [0, 0.1) is 5.92 Å². The zero-order valence-electron chi connectivity index (χ0n) is 10.8. The molecule has 0 bridgehead atoms.